The predicted molar refractivity (Wildman–Crippen MR) is 113 cm³/mol. The van der Waals surface area contributed by atoms with Gasteiger partial charge in [-0.05, 0) is 30.2 Å². The van der Waals surface area contributed by atoms with Crippen LogP contribution in [0.2, 0.25) is 0 Å². The highest BCUT2D eigenvalue weighted by atomic mass is 32.1. The van der Waals surface area contributed by atoms with Crippen molar-refractivity contribution in [2.75, 3.05) is 32.8 Å². The van der Waals surface area contributed by atoms with E-state index in [0.29, 0.717) is 53.5 Å². The van der Waals surface area contributed by atoms with Gasteiger partial charge in [-0.3, -0.25) is 14.5 Å². The number of ether oxygens (including phenoxy) is 1. The molecule has 7 nitrogen and oxygen atoms in total. The van der Waals surface area contributed by atoms with Crippen molar-refractivity contribution >= 4 is 27.5 Å². The summed E-state index contributed by atoms with van der Waals surface area (Å²) >= 11 is 1.21. The number of fused-ring (bicyclic) bond motifs is 1. The molecule has 1 saturated heterocycles. The van der Waals surface area contributed by atoms with Crippen molar-refractivity contribution in [2.24, 2.45) is 7.05 Å². The highest BCUT2D eigenvalue weighted by molar-refractivity contribution is 7.20. The van der Waals surface area contributed by atoms with Crippen LogP contribution in [0.4, 0.5) is 4.39 Å². The number of nitrogens with zero attached hydrogens (tertiary/aromatic N) is 3. The van der Waals surface area contributed by atoms with E-state index in [1.165, 1.54) is 34.4 Å². The molecule has 0 spiro atoms. The maximum absolute atomic E-state index is 13.8. The van der Waals surface area contributed by atoms with Crippen molar-refractivity contribution in [3.63, 3.8) is 0 Å². The van der Waals surface area contributed by atoms with Crippen LogP contribution in [0.3, 0.4) is 0 Å². The molecule has 3 aromatic rings. The van der Waals surface area contributed by atoms with Gasteiger partial charge in [-0.2, -0.15) is 0 Å². The van der Waals surface area contributed by atoms with Crippen molar-refractivity contribution in [3.05, 3.63) is 62.8 Å². The Bertz CT molecular complexity index is 1140. The Labute approximate surface area is 177 Å². The molecule has 3 heterocycles. The monoisotopic (exact) mass is 430 g/mol. The van der Waals surface area contributed by atoms with Crippen LogP contribution in [0, 0.1) is 12.7 Å². The van der Waals surface area contributed by atoms with Crippen LogP contribution in [0.1, 0.15) is 26.8 Å². The number of carbonyl (C=O) groups excluding carboxylic acids is 1. The third-order valence-corrected chi connectivity index (χ3v) is 6.59. The molecule has 0 saturated carbocycles. The molecule has 0 bridgehead atoms. The zero-order valence-electron chi connectivity index (χ0n) is 16.9. The first-order valence-corrected chi connectivity index (χ1v) is 10.6. The van der Waals surface area contributed by atoms with Crippen LogP contribution in [-0.2, 0) is 11.8 Å². The van der Waals surface area contributed by atoms with E-state index in [1.54, 1.807) is 20.0 Å². The number of aromatic nitrogens is 2. The molecule has 158 valence electrons. The van der Waals surface area contributed by atoms with Gasteiger partial charge in [0.25, 0.3) is 11.5 Å². The highest BCUT2D eigenvalue weighted by Gasteiger charge is 2.25. The molecule has 4 rings (SSSR count). The topological polar surface area (TPSA) is 76.5 Å². The number of nitrogens with one attached hydrogen (secondary N) is 1. The van der Waals surface area contributed by atoms with Crippen LogP contribution in [0.15, 0.2) is 35.4 Å². The molecule has 1 atom stereocenters. The zero-order chi connectivity index (χ0) is 21.3. The molecule has 1 aliphatic heterocycles. The second kappa shape index (κ2) is 8.63. The van der Waals surface area contributed by atoms with Crippen LogP contribution in [0.25, 0.3) is 10.2 Å². The van der Waals surface area contributed by atoms with Crippen molar-refractivity contribution in [1.82, 2.24) is 19.8 Å². The molecular formula is C21H23FN4O3S. The average Bonchev–Trinajstić information content (AvgIpc) is 3.09. The van der Waals surface area contributed by atoms with Gasteiger partial charge in [0.05, 0.1) is 35.8 Å². The number of benzene rings is 1. The maximum Gasteiger partial charge on any atom is 0.262 e. The number of halogens is 1. The lowest BCUT2D eigenvalue weighted by Gasteiger charge is -2.35. The minimum absolute atomic E-state index is 0.168. The number of hydrogen-bond donors (Lipinski definition) is 1. The fourth-order valence-electron chi connectivity index (χ4n) is 3.76. The van der Waals surface area contributed by atoms with Crippen LogP contribution in [-0.4, -0.2) is 53.2 Å². The second-order valence-electron chi connectivity index (χ2n) is 7.33. The summed E-state index contributed by atoms with van der Waals surface area (Å²) in [6, 6.07) is 6.29. The Morgan fingerprint density at radius 3 is 2.87 bits per heavy atom. The van der Waals surface area contributed by atoms with E-state index in [9.17, 15) is 14.0 Å². The molecule has 2 aromatic heterocycles. The van der Waals surface area contributed by atoms with E-state index in [-0.39, 0.29) is 23.3 Å². The van der Waals surface area contributed by atoms with Crippen LogP contribution >= 0.6 is 11.3 Å². The van der Waals surface area contributed by atoms with Gasteiger partial charge in [0.15, 0.2) is 0 Å². The zero-order valence-corrected chi connectivity index (χ0v) is 17.7. The highest BCUT2D eigenvalue weighted by Crippen LogP contribution is 2.27. The van der Waals surface area contributed by atoms with Gasteiger partial charge in [-0.15, -0.1) is 11.3 Å². The summed E-state index contributed by atoms with van der Waals surface area (Å²) in [6.07, 6.45) is 1.46. The first-order valence-electron chi connectivity index (χ1n) is 9.76. The molecule has 1 aromatic carbocycles. The molecule has 1 unspecified atom stereocenters. The quantitative estimate of drug-likeness (QED) is 0.672. The lowest BCUT2D eigenvalue weighted by atomic mass is 10.0. The van der Waals surface area contributed by atoms with E-state index in [1.807, 2.05) is 6.07 Å². The van der Waals surface area contributed by atoms with Gasteiger partial charge in [-0.25, -0.2) is 9.37 Å². The third kappa shape index (κ3) is 4.00. The minimum Gasteiger partial charge on any atom is -0.379 e. The summed E-state index contributed by atoms with van der Waals surface area (Å²) in [7, 11) is 1.64. The standard InChI is InChI=1S/C21H23FN4O3S/c1-13-17-20(24-12-25(2)21(17)28)30-18(13)19(27)23-11-16(26-6-8-29-9-7-26)14-4-3-5-15(22)10-14/h3-5,10,12,16H,6-9,11H2,1-2H3,(H,23,27). The van der Waals surface area contributed by atoms with Crippen molar-refractivity contribution < 1.29 is 13.9 Å². The summed E-state index contributed by atoms with van der Waals surface area (Å²) in [5.41, 5.74) is 1.27. The first-order chi connectivity index (χ1) is 14.5. The van der Waals surface area contributed by atoms with E-state index >= 15 is 0 Å². The fraction of sp³-hybridized carbons (Fsp3) is 0.381. The molecule has 1 fully saturated rings. The summed E-state index contributed by atoms with van der Waals surface area (Å²) in [4.78, 5) is 32.9. The molecule has 1 N–H and O–H groups in total. The SMILES string of the molecule is Cc1c(C(=O)NCC(c2cccc(F)c2)N2CCOCC2)sc2ncn(C)c(=O)c12. The van der Waals surface area contributed by atoms with Crippen LogP contribution < -0.4 is 10.9 Å². The maximum atomic E-state index is 13.8. The number of thiophene rings is 1. The smallest absolute Gasteiger partial charge is 0.262 e. The molecule has 1 amide bonds. The Morgan fingerprint density at radius 1 is 1.37 bits per heavy atom. The number of rotatable bonds is 5. The number of morpholine rings is 1. The molecule has 9 heteroatoms. The van der Waals surface area contributed by atoms with Crippen molar-refractivity contribution in [2.45, 2.75) is 13.0 Å². The summed E-state index contributed by atoms with van der Waals surface area (Å²) in [6.45, 7) is 4.70. The van der Waals surface area contributed by atoms with Gasteiger partial charge in [0.2, 0.25) is 0 Å². The number of carbonyl (C=O) groups is 1. The summed E-state index contributed by atoms with van der Waals surface area (Å²) < 4.78 is 20.7. The first kappa shape index (κ1) is 20.6. The Balaban J connectivity index is 1.58. The van der Waals surface area contributed by atoms with Gasteiger partial charge in [0.1, 0.15) is 10.6 Å². The number of hydrogen-bond acceptors (Lipinski definition) is 6. The van der Waals surface area contributed by atoms with Gasteiger partial charge in [0, 0.05) is 26.7 Å². The van der Waals surface area contributed by atoms with Gasteiger partial charge in [-0.1, -0.05) is 12.1 Å². The van der Waals surface area contributed by atoms with E-state index < -0.39 is 0 Å². The average molecular weight is 431 g/mol. The lowest BCUT2D eigenvalue weighted by Crippen LogP contribution is -2.43. The Hall–Kier alpha value is -2.62. The predicted octanol–water partition coefficient (Wildman–Crippen LogP) is 2.25. The molecular weight excluding hydrogens is 407 g/mol. The third-order valence-electron chi connectivity index (χ3n) is 5.39. The van der Waals surface area contributed by atoms with Crippen molar-refractivity contribution in [3.8, 4) is 0 Å². The number of aryl methyl sites for hydroxylation is 2. The molecule has 0 radical (unpaired) electrons. The van der Waals surface area contributed by atoms with E-state index in [2.05, 4.69) is 15.2 Å². The lowest BCUT2D eigenvalue weighted by molar-refractivity contribution is 0.0162. The number of amides is 1. The summed E-state index contributed by atoms with van der Waals surface area (Å²) in [5.74, 6) is -0.563. The Kier molecular flexibility index (Phi) is 5.94. The summed E-state index contributed by atoms with van der Waals surface area (Å²) in [5, 5.41) is 3.46. The second-order valence-corrected chi connectivity index (χ2v) is 8.33. The van der Waals surface area contributed by atoms with Gasteiger partial charge >= 0.3 is 0 Å². The van der Waals surface area contributed by atoms with Crippen LogP contribution in [0.5, 0.6) is 0 Å². The van der Waals surface area contributed by atoms with Crippen molar-refractivity contribution in [1.29, 1.82) is 0 Å². The van der Waals surface area contributed by atoms with E-state index in [4.69, 9.17) is 4.74 Å². The molecule has 30 heavy (non-hydrogen) atoms. The molecule has 0 aliphatic carbocycles. The molecule has 1 aliphatic rings. The minimum atomic E-state index is -0.306. The normalized spacial score (nSPS) is 16.0. The largest absolute Gasteiger partial charge is 0.379 e. The Morgan fingerprint density at radius 2 is 2.13 bits per heavy atom. The van der Waals surface area contributed by atoms with E-state index in [0.717, 1.165) is 5.56 Å². The fourth-order valence-corrected chi connectivity index (χ4v) is 4.81. The van der Waals surface area contributed by atoms with Gasteiger partial charge < -0.3 is 14.6 Å².